The van der Waals surface area contributed by atoms with E-state index in [1.807, 2.05) is 24.3 Å². The van der Waals surface area contributed by atoms with Crippen LogP contribution in [-0.2, 0) is 6.54 Å². The van der Waals surface area contributed by atoms with Gasteiger partial charge in [0.1, 0.15) is 11.6 Å². The fourth-order valence-electron chi connectivity index (χ4n) is 1.98. The van der Waals surface area contributed by atoms with Crippen LogP contribution in [0.15, 0.2) is 36.4 Å². The summed E-state index contributed by atoms with van der Waals surface area (Å²) < 4.78 is 5.74. The van der Waals surface area contributed by atoms with Crippen LogP contribution in [0, 0.1) is 0 Å². The lowest BCUT2D eigenvalue weighted by Gasteiger charge is -2.12. The highest BCUT2D eigenvalue weighted by atomic mass is 16.5. The van der Waals surface area contributed by atoms with Crippen LogP contribution in [0.4, 0.5) is 5.82 Å². The van der Waals surface area contributed by atoms with Gasteiger partial charge < -0.3 is 10.1 Å². The van der Waals surface area contributed by atoms with Crippen LogP contribution in [0.1, 0.15) is 50.9 Å². The summed E-state index contributed by atoms with van der Waals surface area (Å²) in [6.45, 7) is 7.76. The quantitative estimate of drug-likeness (QED) is 0.734. The Morgan fingerprint density at radius 2 is 1.91 bits per heavy atom. The van der Waals surface area contributed by atoms with Crippen molar-refractivity contribution in [2.45, 2.75) is 46.1 Å². The molecule has 2 aromatic rings. The Balaban J connectivity index is 2.08. The van der Waals surface area contributed by atoms with E-state index in [2.05, 4.69) is 48.2 Å². The molecule has 118 valence electrons. The standard InChI is InChI=1S/C18H25N3O/c1-4-5-11-22-17-12-16(20-18(21-17)14(2)3)19-13-15-9-7-6-8-10-15/h6-10,12,14H,4-5,11,13H2,1-3H3,(H,19,20,21). The summed E-state index contributed by atoms with van der Waals surface area (Å²) >= 11 is 0. The second-order valence-corrected chi connectivity index (χ2v) is 5.65. The summed E-state index contributed by atoms with van der Waals surface area (Å²) in [7, 11) is 0. The molecule has 0 aliphatic heterocycles. The minimum absolute atomic E-state index is 0.270. The van der Waals surface area contributed by atoms with Gasteiger partial charge in [0.25, 0.3) is 0 Å². The van der Waals surface area contributed by atoms with E-state index in [0.717, 1.165) is 31.0 Å². The molecule has 0 radical (unpaired) electrons. The van der Waals surface area contributed by atoms with Crippen molar-refractivity contribution in [1.29, 1.82) is 0 Å². The Kier molecular flexibility index (Phi) is 6.19. The summed E-state index contributed by atoms with van der Waals surface area (Å²) in [6, 6.07) is 12.2. The normalized spacial score (nSPS) is 10.7. The fourth-order valence-corrected chi connectivity index (χ4v) is 1.98. The van der Waals surface area contributed by atoms with Crippen LogP contribution in [0.3, 0.4) is 0 Å². The molecule has 0 bridgehead atoms. The van der Waals surface area contributed by atoms with Crippen LogP contribution in [0.5, 0.6) is 5.88 Å². The second-order valence-electron chi connectivity index (χ2n) is 5.65. The van der Waals surface area contributed by atoms with Crippen molar-refractivity contribution in [3.63, 3.8) is 0 Å². The highest BCUT2D eigenvalue weighted by Crippen LogP contribution is 2.19. The van der Waals surface area contributed by atoms with E-state index >= 15 is 0 Å². The van der Waals surface area contributed by atoms with Crippen molar-refractivity contribution < 1.29 is 4.74 Å². The molecule has 0 unspecified atom stereocenters. The summed E-state index contributed by atoms with van der Waals surface area (Å²) in [5.74, 6) is 2.55. The SMILES string of the molecule is CCCCOc1cc(NCc2ccccc2)nc(C(C)C)n1. The molecule has 0 aliphatic rings. The van der Waals surface area contributed by atoms with Crippen molar-refractivity contribution >= 4 is 5.82 Å². The molecule has 0 saturated heterocycles. The van der Waals surface area contributed by atoms with E-state index in [4.69, 9.17) is 4.74 Å². The highest BCUT2D eigenvalue weighted by Gasteiger charge is 2.09. The van der Waals surface area contributed by atoms with E-state index in [9.17, 15) is 0 Å². The maximum absolute atomic E-state index is 5.74. The maximum Gasteiger partial charge on any atom is 0.218 e. The lowest BCUT2D eigenvalue weighted by molar-refractivity contribution is 0.296. The van der Waals surface area contributed by atoms with Gasteiger partial charge in [-0.1, -0.05) is 57.5 Å². The molecule has 4 heteroatoms. The molecule has 1 N–H and O–H groups in total. The number of hydrogen-bond donors (Lipinski definition) is 1. The summed E-state index contributed by atoms with van der Waals surface area (Å²) in [4.78, 5) is 9.06. The predicted octanol–water partition coefficient (Wildman–Crippen LogP) is 4.39. The van der Waals surface area contributed by atoms with Gasteiger partial charge in [-0.3, -0.25) is 0 Å². The molecule has 22 heavy (non-hydrogen) atoms. The van der Waals surface area contributed by atoms with Gasteiger partial charge in [-0.05, 0) is 12.0 Å². The predicted molar refractivity (Wildman–Crippen MR) is 90.3 cm³/mol. The molecule has 4 nitrogen and oxygen atoms in total. The van der Waals surface area contributed by atoms with E-state index in [0.29, 0.717) is 12.5 Å². The Morgan fingerprint density at radius 1 is 1.14 bits per heavy atom. The van der Waals surface area contributed by atoms with Gasteiger partial charge in [0.05, 0.1) is 6.61 Å². The lowest BCUT2D eigenvalue weighted by Crippen LogP contribution is -2.08. The van der Waals surface area contributed by atoms with Crippen molar-refractivity contribution in [1.82, 2.24) is 9.97 Å². The van der Waals surface area contributed by atoms with Gasteiger partial charge in [-0.15, -0.1) is 0 Å². The zero-order valence-corrected chi connectivity index (χ0v) is 13.7. The lowest BCUT2D eigenvalue weighted by atomic mass is 10.2. The number of unbranched alkanes of at least 4 members (excludes halogenated alkanes) is 1. The molecular formula is C18H25N3O. The first-order chi connectivity index (χ1) is 10.7. The topological polar surface area (TPSA) is 47.0 Å². The average molecular weight is 299 g/mol. The zero-order valence-electron chi connectivity index (χ0n) is 13.7. The molecule has 1 heterocycles. The number of nitrogens with one attached hydrogen (secondary N) is 1. The van der Waals surface area contributed by atoms with Gasteiger partial charge in [0.15, 0.2) is 0 Å². The zero-order chi connectivity index (χ0) is 15.8. The molecular weight excluding hydrogens is 274 g/mol. The third kappa shape index (κ3) is 5.02. The second kappa shape index (κ2) is 8.37. The summed E-state index contributed by atoms with van der Waals surface area (Å²) in [5.41, 5.74) is 1.22. The highest BCUT2D eigenvalue weighted by molar-refractivity contribution is 5.39. The van der Waals surface area contributed by atoms with E-state index in [1.165, 1.54) is 5.56 Å². The number of rotatable bonds is 8. The van der Waals surface area contributed by atoms with Gasteiger partial charge >= 0.3 is 0 Å². The summed E-state index contributed by atoms with van der Waals surface area (Å²) in [6.07, 6.45) is 2.15. The average Bonchev–Trinajstić information content (AvgIpc) is 2.54. The Labute approximate surface area is 133 Å². The Bertz CT molecular complexity index is 570. The monoisotopic (exact) mass is 299 g/mol. The molecule has 0 saturated carbocycles. The molecule has 0 spiro atoms. The third-order valence-corrected chi connectivity index (χ3v) is 3.30. The van der Waals surface area contributed by atoms with Crippen LogP contribution in [-0.4, -0.2) is 16.6 Å². The first kappa shape index (κ1) is 16.3. The molecule has 0 amide bonds. The van der Waals surface area contributed by atoms with Crippen molar-refractivity contribution in [2.24, 2.45) is 0 Å². The third-order valence-electron chi connectivity index (χ3n) is 3.30. The van der Waals surface area contributed by atoms with E-state index in [-0.39, 0.29) is 5.92 Å². The summed E-state index contributed by atoms with van der Waals surface area (Å²) in [5, 5.41) is 3.36. The number of nitrogens with zero attached hydrogens (tertiary/aromatic N) is 2. The molecule has 1 aromatic carbocycles. The minimum atomic E-state index is 0.270. The molecule has 0 aliphatic carbocycles. The molecule has 0 fully saturated rings. The van der Waals surface area contributed by atoms with Crippen LogP contribution in [0.25, 0.3) is 0 Å². The van der Waals surface area contributed by atoms with Gasteiger partial charge in [0, 0.05) is 18.5 Å². The number of anilines is 1. The Hall–Kier alpha value is -2.10. The van der Waals surface area contributed by atoms with Gasteiger partial charge in [-0.2, -0.15) is 4.98 Å². The maximum atomic E-state index is 5.74. The van der Waals surface area contributed by atoms with Crippen LogP contribution >= 0.6 is 0 Å². The number of hydrogen-bond acceptors (Lipinski definition) is 4. The number of aromatic nitrogens is 2. The molecule has 2 rings (SSSR count). The Morgan fingerprint density at radius 3 is 2.59 bits per heavy atom. The first-order valence-electron chi connectivity index (χ1n) is 7.98. The smallest absolute Gasteiger partial charge is 0.218 e. The van der Waals surface area contributed by atoms with E-state index in [1.54, 1.807) is 0 Å². The van der Waals surface area contributed by atoms with Crippen molar-refractivity contribution in [3.05, 3.63) is 47.8 Å². The minimum Gasteiger partial charge on any atom is -0.478 e. The van der Waals surface area contributed by atoms with Gasteiger partial charge in [-0.25, -0.2) is 4.98 Å². The van der Waals surface area contributed by atoms with Crippen LogP contribution in [0.2, 0.25) is 0 Å². The number of ether oxygens (including phenoxy) is 1. The largest absolute Gasteiger partial charge is 0.478 e. The van der Waals surface area contributed by atoms with Crippen molar-refractivity contribution in [2.75, 3.05) is 11.9 Å². The van der Waals surface area contributed by atoms with Crippen molar-refractivity contribution in [3.8, 4) is 5.88 Å². The number of benzene rings is 1. The first-order valence-corrected chi connectivity index (χ1v) is 7.98. The molecule has 1 aromatic heterocycles. The van der Waals surface area contributed by atoms with Gasteiger partial charge in [0.2, 0.25) is 5.88 Å². The van der Waals surface area contributed by atoms with E-state index < -0.39 is 0 Å². The fraction of sp³-hybridized carbons (Fsp3) is 0.444. The van der Waals surface area contributed by atoms with Crippen LogP contribution < -0.4 is 10.1 Å². The molecule has 0 atom stereocenters.